The highest BCUT2D eigenvalue weighted by atomic mass is 15.1. The SMILES string of the molecule is c1ccc(-c2ccc(N(c3ccc4c5ccccc5c5ccccc5c4c3)c3cccc4c3-c3ccccc3C43c4cc(-c5ccccc5)ccc4-c4ccc(-c5ccccc5)cc43)cc2)cc1. The van der Waals surface area contributed by atoms with Crippen LogP contribution in [0.5, 0.6) is 0 Å². The summed E-state index contributed by atoms with van der Waals surface area (Å²) in [5, 5.41) is 7.58. The molecule has 1 spiro atoms. The first-order valence-electron chi connectivity index (χ1n) is 23.7. The molecule has 14 rings (SSSR count). The molecule has 0 heterocycles. The molecule has 0 fully saturated rings. The van der Waals surface area contributed by atoms with Crippen LogP contribution in [0.1, 0.15) is 22.3 Å². The van der Waals surface area contributed by atoms with Crippen LogP contribution in [0.4, 0.5) is 17.1 Å². The van der Waals surface area contributed by atoms with Gasteiger partial charge < -0.3 is 4.90 Å². The van der Waals surface area contributed by atoms with Crippen molar-refractivity contribution < 1.29 is 0 Å². The molecule has 316 valence electrons. The Labute approximate surface area is 396 Å². The van der Waals surface area contributed by atoms with Gasteiger partial charge in [-0.15, -0.1) is 0 Å². The molecule has 0 saturated heterocycles. The quantitative estimate of drug-likeness (QED) is 0.151. The molecule has 1 heteroatoms. The highest BCUT2D eigenvalue weighted by Crippen LogP contribution is 2.65. The number of benzene rings is 12. The van der Waals surface area contributed by atoms with Gasteiger partial charge in [0.1, 0.15) is 0 Å². The van der Waals surface area contributed by atoms with E-state index in [4.69, 9.17) is 0 Å². The zero-order valence-electron chi connectivity index (χ0n) is 37.3. The third kappa shape index (κ3) is 5.63. The zero-order valence-corrected chi connectivity index (χ0v) is 37.3. The topological polar surface area (TPSA) is 3.24 Å². The Morgan fingerprint density at radius 3 is 1.24 bits per heavy atom. The Bertz CT molecular complexity index is 3820. The Morgan fingerprint density at radius 2 is 0.662 bits per heavy atom. The van der Waals surface area contributed by atoms with Gasteiger partial charge in [-0.3, -0.25) is 0 Å². The molecule has 0 aliphatic heterocycles. The first-order valence-corrected chi connectivity index (χ1v) is 23.7. The van der Waals surface area contributed by atoms with Gasteiger partial charge in [0.05, 0.1) is 11.1 Å². The maximum atomic E-state index is 2.52. The summed E-state index contributed by atoms with van der Waals surface area (Å²) in [6.07, 6.45) is 0. The molecule has 2 aliphatic rings. The van der Waals surface area contributed by atoms with Crippen LogP contribution < -0.4 is 4.90 Å². The van der Waals surface area contributed by atoms with Crippen LogP contribution >= 0.6 is 0 Å². The Kier molecular flexibility index (Phi) is 8.57. The summed E-state index contributed by atoms with van der Waals surface area (Å²) < 4.78 is 0. The molecule has 2 aliphatic carbocycles. The summed E-state index contributed by atoms with van der Waals surface area (Å²) in [7, 11) is 0. The minimum absolute atomic E-state index is 0.580. The summed E-state index contributed by atoms with van der Waals surface area (Å²) in [5.74, 6) is 0. The molecule has 1 nitrogen and oxygen atoms in total. The summed E-state index contributed by atoms with van der Waals surface area (Å²) in [5.41, 5.74) is 20.4. The molecule has 0 unspecified atom stereocenters. The second-order valence-electron chi connectivity index (χ2n) is 18.3. The van der Waals surface area contributed by atoms with Crippen molar-refractivity contribution >= 4 is 49.4 Å². The molecule has 0 radical (unpaired) electrons. The molecule has 68 heavy (non-hydrogen) atoms. The summed E-state index contributed by atoms with van der Waals surface area (Å²) >= 11 is 0. The molecular weight excluding hydrogens is 819 g/mol. The third-order valence-electron chi connectivity index (χ3n) is 14.9. The molecule has 12 aromatic rings. The van der Waals surface area contributed by atoms with Gasteiger partial charge in [0.2, 0.25) is 0 Å². The number of hydrogen-bond donors (Lipinski definition) is 0. The van der Waals surface area contributed by atoms with Gasteiger partial charge in [-0.2, -0.15) is 0 Å². The van der Waals surface area contributed by atoms with Crippen molar-refractivity contribution in [2.24, 2.45) is 0 Å². The lowest BCUT2D eigenvalue weighted by Gasteiger charge is -2.32. The molecule has 12 aromatic carbocycles. The first kappa shape index (κ1) is 38.5. The number of rotatable bonds is 6. The van der Waals surface area contributed by atoms with Crippen molar-refractivity contribution in [3.8, 4) is 55.6 Å². The fourth-order valence-electron chi connectivity index (χ4n) is 11.9. The number of nitrogens with zero attached hydrogens (tertiary/aromatic N) is 1. The summed E-state index contributed by atoms with van der Waals surface area (Å²) in [6, 6.07) is 97.1. The third-order valence-corrected chi connectivity index (χ3v) is 14.9. The Hall–Kier alpha value is -8.78. The normalized spacial score (nSPS) is 12.8. The highest BCUT2D eigenvalue weighted by Gasteiger charge is 2.52. The lowest BCUT2D eigenvalue weighted by molar-refractivity contribution is 0.794. The van der Waals surface area contributed by atoms with Gasteiger partial charge in [-0.25, -0.2) is 0 Å². The predicted octanol–water partition coefficient (Wildman–Crippen LogP) is 18.0. The number of fused-ring (bicyclic) bond motifs is 16. The van der Waals surface area contributed by atoms with E-state index in [1.165, 1.54) is 110 Å². The second kappa shape index (κ2) is 15.1. The molecule has 0 aromatic heterocycles. The van der Waals surface area contributed by atoms with Crippen LogP contribution in [0.25, 0.3) is 88.0 Å². The molecule has 0 bridgehead atoms. The minimum atomic E-state index is -0.580. The van der Waals surface area contributed by atoms with Crippen LogP contribution in [0.15, 0.2) is 261 Å². The summed E-state index contributed by atoms with van der Waals surface area (Å²) in [4.78, 5) is 2.52. The van der Waals surface area contributed by atoms with Gasteiger partial charge >= 0.3 is 0 Å². The van der Waals surface area contributed by atoms with Crippen LogP contribution in [0, 0.1) is 0 Å². The standard InChI is InChI=1S/C67H43N/c1-4-17-44(18-5-1)47-31-35-50(36-32-47)68(51-37-40-56-54-25-11-10-23-52(54)53-24-12-13-26-55(53)60(56)43-51)65-30-16-29-62-66(65)59-27-14-15-28-61(59)67(62)63-41-48(45-19-6-2-7-20-45)33-38-57(63)58-39-34-49(42-64(58)67)46-21-8-3-9-22-46/h1-43H. The lowest BCUT2D eigenvalue weighted by atomic mass is 9.70. The maximum absolute atomic E-state index is 2.52. The van der Waals surface area contributed by atoms with Crippen molar-refractivity contribution in [3.63, 3.8) is 0 Å². The van der Waals surface area contributed by atoms with Crippen LogP contribution in [0.2, 0.25) is 0 Å². The molecule has 0 amide bonds. The Morgan fingerprint density at radius 1 is 0.235 bits per heavy atom. The van der Waals surface area contributed by atoms with E-state index in [9.17, 15) is 0 Å². The van der Waals surface area contributed by atoms with Crippen molar-refractivity contribution in [1.29, 1.82) is 0 Å². The lowest BCUT2D eigenvalue weighted by Crippen LogP contribution is -2.26. The first-order chi connectivity index (χ1) is 33.7. The van der Waals surface area contributed by atoms with Gasteiger partial charge in [0.25, 0.3) is 0 Å². The van der Waals surface area contributed by atoms with E-state index in [0.717, 1.165) is 17.1 Å². The molecular formula is C67H43N. The average Bonchev–Trinajstić information content (AvgIpc) is 3.89. The van der Waals surface area contributed by atoms with Crippen molar-refractivity contribution in [2.75, 3.05) is 4.90 Å². The highest BCUT2D eigenvalue weighted by molar-refractivity contribution is 6.26. The van der Waals surface area contributed by atoms with E-state index < -0.39 is 5.41 Å². The fourth-order valence-corrected chi connectivity index (χ4v) is 11.9. The molecule has 0 saturated carbocycles. The van der Waals surface area contributed by atoms with Crippen LogP contribution in [-0.2, 0) is 5.41 Å². The Balaban J connectivity index is 1.06. The van der Waals surface area contributed by atoms with E-state index in [1.807, 2.05) is 0 Å². The zero-order chi connectivity index (χ0) is 44.8. The van der Waals surface area contributed by atoms with Gasteiger partial charge in [0, 0.05) is 16.9 Å². The number of anilines is 3. The van der Waals surface area contributed by atoms with Crippen LogP contribution in [0.3, 0.4) is 0 Å². The van der Waals surface area contributed by atoms with Crippen molar-refractivity contribution in [1.82, 2.24) is 0 Å². The van der Waals surface area contributed by atoms with E-state index in [-0.39, 0.29) is 0 Å². The van der Waals surface area contributed by atoms with E-state index in [0.29, 0.717) is 0 Å². The fraction of sp³-hybridized carbons (Fsp3) is 0.0149. The van der Waals surface area contributed by atoms with Gasteiger partial charge in [-0.05, 0) is 147 Å². The van der Waals surface area contributed by atoms with Crippen LogP contribution in [-0.4, -0.2) is 0 Å². The van der Waals surface area contributed by atoms with Gasteiger partial charge in [-0.1, -0.05) is 218 Å². The van der Waals surface area contributed by atoms with E-state index in [1.54, 1.807) is 0 Å². The average molecular weight is 862 g/mol. The second-order valence-corrected chi connectivity index (χ2v) is 18.3. The maximum Gasteiger partial charge on any atom is 0.0726 e. The number of hydrogen-bond acceptors (Lipinski definition) is 1. The molecule has 0 N–H and O–H groups in total. The minimum Gasteiger partial charge on any atom is -0.310 e. The monoisotopic (exact) mass is 861 g/mol. The predicted molar refractivity (Wildman–Crippen MR) is 286 cm³/mol. The van der Waals surface area contributed by atoms with Gasteiger partial charge in [0.15, 0.2) is 0 Å². The van der Waals surface area contributed by atoms with E-state index >= 15 is 0 Å². The van der Waals surface area contributed by atoms with Crippen molar-refractivity contribution in [2.45, 2.75) is 5.41 Å². The van der Waals surface area contributed by atoms with Crippen molar-refractivity contribution in [3.05, 3.63) is 283 Å². The smallest absolute Gasteiger partial charge is 0.0726 e. The largest absolute Gasteiger partial charge is 0.310 e. The van der Waals surface area contributed by atoms with E-state index in [2.05, 4.69) is 266 Å². The molecule has 0 atom stereocenters. The summed E-state index contributed by atoms with van der Waals surface area (Å²) in [6.45, 7) is 0.